The Balaban J connectivity index is 1.71. The average Bonchev–Trinajstić information content (AvgIpc) is 3.51. The van der Waals surface area contributed by atoms with Crippen molar-refractivity contribution in [3.8, 4) is 11.3 Å². The standard InChI is InChI=1S/C27H30N8O2/c1-16-23(34(4)32-30-16)20-14-21-22(28-15-20)25-26(27(29-17(2)36)31-33(25)3)35(21)24(18-8-6-5-7-9-18)19-10-12-37-13-11-19/h5-9,14-15,19,24H,10-13H2,1-4H3,(H,29,31,36). The minimum absolute atomic E-state index is 0.00428. The molecule has 5 heterocycles. The molecule has 0 bridgehead atoms. The number of fused-ring (bicyclic) bond motifs is 3. The number of nitrogens with zero attached hydrogens (tertiary/aromatic N) is 7. The van der Waals surface area contributed by atoms with Gasteiger partial charge >= 0.3 is 0 Å². The third-order valence-corrected chi connectivity index (χ3v) is 7.31. The van der Waals surface area contributed by atoms with Gasteiger partial charge in [0.25, 0.3) is 0 Å². The van der Waals surface area contributed by atoms with Gasteiger partial charge in [0, 0.05) is 46.0 Å². The fourth-order valence-corrected chi connectivity index (χ4v) is 5.79. The van der Waals surface area contributed by atoms with Gasteiger partial charge in [-0.15, -0.1) is 5.10 Å². The quantitative estimate of drug-likeness (QED) is 0.393. The summed E-state index contributed by atoms with van der Waals surface area (Å²) in [6.07, 6.45) is 3.75. The van der Waals surface area contributed by atoms with Gasteiger partial charge < -0.3 is 14.6 Å². The van der Waals surface area contributed by atoms with Gasteiger partial charge in [0.2, 0.25) is 5.91 Å². The molecule has 1 fully saturated rings. The van der Waals surface area contributed by atoms with Gasteiger partial charge in [-0.1, -0.05) is 35.5 Å². The van der Waals surface area contributed by atoms with Crippen LogP contribution in [-0.2, 0) is 23.6 Å². The van der Waals surface area contributed by atoms with Crippen LogP contribution in [0.2, 0.25) is 0 Å². The van der Waals surface area contributed by atoms with Gasteiger partial charge in [0.05, 0.1) is 22.9 Å². The van der Waals surface area contributed by atoms with Gasteiger partial charge in [-0.3, -0.25) is 14.5 Å². The van der Waals surface area contributed by atoms with Crippen LogP contribution >= 0.6 is 0 Å². The maximum absolute atomic E-state index is 12.2. The molecule has 1 aliphatic rings. The van der Waals surface area contributed by atoms with Crippen molar-refractivity contribution in [3.63, 3.8) is 0 Å². The molecule has 5 aromatic rings. The first-order chi connectivity index (χ1) is 17.9. The van der Waals surface area contributed by atoms with E-state index in [-0.39, 0.29) is 11.9 Å². The van der Waals surface area contributed by atoms with Crippen LogP contribution in [0.15, 0.2) is 42.6 Å². The third kappa shape index (κ3) is 3.88. The van der Waals surface area contributed by atoms with Crippen LogP contribution < -0.4 is 5.32 Å². The van der Waals surface area contributed by atoms with E-state index in [1.54, 1.807) is 4.68 Å². The van der Waals surface area contributed by atoms with Crippen molar-refractivity contribution in [1.82, 2.24) is 34.3 Å². The average molecular weight is 499 g/mol. The molecule has 0 aliphatic carbocycles. The Hall–Kier alpha value is -4.05. The highest BCUT2D eigenvalue weighted by atomic mass is 16.5. The zero-order valence-corrected chi connectivity index (χ0v) is 21.5. The van der Waals surface area contributed by atoms with Crippen molar-refractivity contribution in [2.24, 2.45) is 20.0 Å². The Morgan fingerprint density at radius 1 is 1.11 bits per heavy atom. The lowest BCUT2D eigenvalue weighted by atomic mass is 9.86. The van der Waals surface area contributed by atoms with Crippen LogP contribution in [-0.4, -0.2) is 53.4 Å². The van der Waals surface area contributed by atoms with Crippen LogP contribution in [0.1, 0.15) is 37.1 Å². The Morgan fingerprint density at radius 3 is 2.54 bits per heavy atom. The number of hydrogen-bond acceptors (Lipinski definition) is 6. The van der Waals surface area contributed by atoms with Crippen molar-refractivity contribution in [1.29, 1.82) is 0 Å². The number of rotatable bonds is 5. The SMILES string of the molecule is CC(=O)Nc1nn(C)c2c3ncc(-c4c(C)nnn4C)cc3n(C(c3ccccc3)C3CCOCC3)c12. The summed E-state index contributed by atoms with van der Waals surface area (Å²) >= 11 is 0. The Bertz CT molecular complexity index is 1590. The molecule has 1 N–H and O–H groups in total. The highest BCUT2D eigenvalue weighted by Crippen LogP contribution is 2.43. The Kier molecular flexibility index (Phi) is 5.75. The molecule has 6 rings (SSSR count). The summed E-state index contributed by atoms with van der Waals surface area (Å²) in [6, 6.07) is 12.7. The third-order valence-electron chi connectivity index (χ3n) is 7.31. The van der Waals surface area contributed by atoms with Gasteiger partial charge in [0.1, 0.15) is 16.6 Å². The van der Waals surface area contributed by atoms with Crippen LogP contribution in [0, 0.1) is 12.8 Å². The lowest BCUT2D eigenvalue weighted by Gasteiger charge is -2.33. The number of carbonyl (C=O) groups excluding carboxylic acids is 1. The number of anilines is 1. The number of ether oxygens (including phenoxy) is 1. The molecule has 10 heteroatoms. The summed E-state index contributed by atoms with van der Waals surface area (Å²) < 4.78 is 11.7. The maximum Gasteiger partial charge on any atom is 0.222 e. The van der Waals surface area contributed by atoms with E-state index in [1.807, 2.05) is 38.0 Å². The molecular formula is C27H30N8O2. The fourth-order valence-electron chi connectivity index (χ4n) is 5.79. The first-order valence-corrected chi connectivity index (χ1v) is 12.6. The molecule has 0 saturated carbocycles. The first kappa shape index (κ1) is 23.4. The van der Waals surface area contributed by atoms with Crippen molar-refractivity contribution in [3.05, 3.63) is 53.9 Å². The molecular weight excluding hydrogens is 468 g/mol. The number of benzene rings is 1. The van der Waals surface area contributed by atoms with E-state index < -0.39 is 0 Å². The molecule has 1 amide bonds. The molecule has 0 radical (unpaired) electrons. The minimum Gasteiger partial charge on any atom is -0.381 e. The predicted molar refractivity (Wildman–Crippen MR) is 141 cm³/mol. The summed E-state index contributed by atoms with van der Waals surface area (Å²) in [7, 11) is 3.79. The molecule has 1 aromatic carbocycles. The molecule has 1 aliphatic heterocycles. The van der Waals surface area contributed by atoms with E-state index >= 15 is 0 Å². The molecule has 1 atom stereocenters. The zero-order chi connectivity index (χ0) is 25.7. The molecule has 0 spiro atoms. The van der Waals surface area contributed by atoms with Gasteiger partial charge in [0.15, 0.2) is 5.82 Å². The molecule has 1 unspecified atom stereocenters. The van der Waals surface area contributed by atoms with E-state index in [2.05, 4.69) is 50.5 Å². The highest BCUT2D eigenvalue weighted by Gasteiger charge is 2.33. The second kappa shape index (κ2) is 9.11. The van der Waals surface area contributed by atoms with Crippen molar-refractivity contribution in [2.75, 3.05) is 18.5 Å². The van der Waals surface area contributed by atoms with Crippen molar-refractivity contribution >= 4 is 33.8 Å². The zero-order valence-electron chi connectivity index (χ0n) is 21.5. The minimum atomic E-state index is -0.163. The number of pyridine rings is 1. The van der Waals surface area contributed by atoms with E-state index in [1.165, 1.54) is 12.5 Å². The van der Waals surface area contributed by atoms with Crippen LogP contribution in [0.25, 0.3) is 33.3 Å². The number of nitrogens with one attached hydrogen (secondary N) is 1. The topological polar surface area (TPSA) is 105 Å². The van der Waals surface area contributed by atoms with Crippen LogP contribution in [0.3, 0.4) is 0 Å². The van der Waals surface area contributed by atoms with Crippen molar-refractivity contribution in [2.45, 2.75) is 32.7 Å². The summed E-state index contributed by atoms with van der Waals surface area (Å²) in [5.41, 5.74) is 7.49. The number of amides is 1. The smallest absolute Gasteiger partial charge is 0.222 e. The lowest BCUT2D eigenvalue weighted by Crippen LogP contribution is -2.27. The molecule has 4 aromatic heterocycles. The van der Waals surface area contributed by atoms with Crippen LogP contribution in [0.4, 0.5) is 5.82 Å². The monoisotopic (exact) mass is 498 g/mol. The van der Waals surface area contributed by atoms with Crippen LogP contribution in [0.5, 0.6) is 0 Å². The molecule has 190 valence electrons. The number of aryl methyl sites for hydroxylation is 3. The predicted octanol–water partition coefficient (Wildman–Crippen LogP) is 4.00. The van der Waals surface area contributed by atoms with E-state index in [9.17, 15) is 4.79 Å². The number of carbonyl (C=O) groups is 1. The number of hydrogen-bond donors (Lipinski definition) is 1. The second-order valence-electron chi connectivity index (χ2n) is 9.76. The van der Waals surface area contributed by atoms with Gasteiger partial charge in [-0.05, 0) is 37.3 Å². The number of aromatic nitrogens is 7. The maximum atomic E-state index is 12.2. The molecule has 37 heavy (non-hydrogen) atoms. The Labute approximate surface area is 214 Å². The summed E-state index contributed by atoms with van der Waals surface area (Å²) in [5.74, 6) is 0.712. The van der Waals surface area contributed by atoms with E-state index in [4.69, 9.17) is 14.8 Å². The second-order valence-corrected chi connectivity index (χ2v) is 9.76. The van der Waals surface area contributed by atoms with Gasteiger partial charge in [-0.25, -0.2) is 4.68 Å². The largest absolute Gasteiger partial charge is 0.381 e. The summed E-state index contributed by atoms with van der Waals surface area (Å²) in [4.78, 5) is 17.2. The normalized spacial score (nSPS) is 15.5. The highest BCUT2D eigenvalue weighted by molar-refractivity contribution is 6.10. The summed E-state index contributed by atoms with van der Waals surface area (Å²) in [5, 5.41) is 16.1. The fraction of sp³-hybridized carbons (Fsp3) is 0.370. The molecule has 10 nitrogen and oxygen atoms in total. The summed E-state index contributed by atoms with van der Waals surface area (Å²) in [6.45, 7) is 4.92. The van der Waals surface area contributed by atoms with Crippen molar-refractivity contribution < 1.29 is 9.53 Å². The Morgan fingerprint density at radius 2 is 1.86 bits per heavy atom. The first-order valence-electron chi connectivity index (χ1n) is 12.6. The van der Waals surface area contributed by atoms with E-state index in [0.29, 0.717) is 11.7 Å². The van der Waals surface area contributed by atoms with E-state index in [0.717, 1.165) is 65.1 Å². The lowest BCUT2D eigenvalue weighted by molar-refractivity contribution is -0.114. The van der Waals surface area contributed by atoms with Gasteiger partial charge in [-0.2, -0.15) is 5.10 Å². The molecule has 1 saturated heterocycles.